The molecule has 2 rings (SSSR count). The molecule has 0 spiro atoms. The van der Waals surface area contributed by atoms with Crippen LogP contribution in [0, 0.1) is 0 Å². The Morgan fingerprint density at radius 2 is 1.81 bits per heavy atom. The molecule has 1 atom stereocenters. The molecule has 16 heavy (non-hydrogen) atoms. The molecule has 0 aliphatic carbocycles. The van der Waals surface area contributed by atoms with E-state index in [9.17, 15) is 0 Å². The van der Waals surface area contributed by atoms with E-state index >= 15 is 0 Å². The van der Waals surface area contributed by atoms with Crippen LogP contribution in [-0.2, 0) is 6.42 Å². The van der Waals surface area contributed by atoms with E-state index in [0.717, 1.165) is 15.4 Å². The van der Waals surface area contributed by atoms with Crippen molar-refractivity contribution in [3.8, 4) is 0 Å². The Balaban J connectivity index is 2.08. The lowest BCUT2D eigenvalue weighted by Gasteiger charge is -2.10. The first kappa shape index (κ1) is 12.3. The zero-order valence-corrected chi connectivity index (χ0v) is 12.5. The molecule has 0 bridgehead atoms. The van der Waals surface area contributed by atoms with Crippen molar-refractivity contribution in [3.63, 3.8) is 0 Å². The molecular formula is C12H11Br2NS. The number of halogens is 2. The molecule has 1 heterocycles. The van der Waals surface area contributed by atoms with E-state index in [0.29, 0.717) is 0 Å². The van der Waals surface area contributed by atoms with E-state index in [-0.39, 0.29) is 6.04 Å². The van der Waals surface area contributed by atoms with Crippen LogP contribution in [0.2, 0.25) is 0 Å². The first-order chi connectivity index (χ1) is 7.65. The molecule has 84 valence electrons. The number of benzene rings is 1. The standard InChI is InChI=1S/C12H11Br2NS/c13-9-3-1-8(2-4-9)12(15)6-11-5-10(14)7-16-11/h1-5,7,12H,6,15H2. The van der Waals surface area contributed by atoms with E-state index in [1.807, 2.05) is 12.1 Å². The van der Waals surface area contributed by atoms with Crippen LogP contribution in [-0.4, -0.2) is 0 Å². The second kappa shape index (κ2) is 5.45. The Labute approximate surface area is 116 Å². The van der Waals surface area contributed by atoms with E-state index in [1.54, 1.807) is 11.3 Å². The van der Waals surface area contributed by atoms with Crippen LogP contribution in [0.25, 0.3) is 0 Å². The Morgan fingerprint density at radius 3 is 2.38 bits per heavy atom. The van der Waals surface area contributed by atoms with E-state index in [2.05, 4.69) is 55.4 Å². The third-order valence-corrected chi connectivity index (χ3v) is 4.59. The van der Waals surface area contributed by atoms with Gasteiger partial charge in [-0.15, -0.1) is 11.3 Å². The molecular weight excluding hydrogens is 350 g/mol. The lowest BCUT2D eigenvalue weighted by atomic mass is 10.0. The van der Waals surface area contributed by atoms with Crippen molar-refractivity contribution in [2.45, 2.75) is 12.5 Å². The normalized spacial score (nSPS) is 12.7. The third kappa shape index (κ3) is 3.17. The highest BCUT2D eigenvalue weighted by Crippen LogP contribution is 2.25. The van der Waals surface area contributed by atoms with Crippen LogP contribution < -0.4 is 5.73 Å². The van der Waals surface area contributed by atoms with Crippen LogP contribution >= 0.6 is 43.2 Å². The predicted molar refractivity (Wildman–Crippen MR) is 76.8 cm³/mol. The smallest absolute Gasteiger partial charge is 0.0343 e. The van der Waals surface area contributed by atoms with E-state index in [1.165, 1.54) is 10.4 Å². The molecule has 2 aromatic rings. The maximum Gasteiger partial charge on any atom is 0.0343 e. The van der Waals surface area contributed by atoms with Crippen molar-refractivity contribution in [2.24, 2.45) is 5.73 Å². The fraction of sp³-hybridized carbons (Fsp3) is 0.167. The highest BCUT2D eigenvalue weighted by Gasteiger charge is 2.08. The van der Waals surface area contributed by atoms with Gasteiger partial charge in [-0.05, 0) is 39.7 Å². The van der Waals surface area contributed by atoms with Gasteiger partial charge in [-0.2, -0.15) is 0 Å². The number of hydrogen-bond acceptors (Lipinski definition) is 2. The molecule has 1 nitrogen and oxygen atoms in total. The van der Waals surface area contributed by atoms with E-state index < -0.39 is 0 Å². The van der Waals surface area contributed by atoms with Crippen molar-refractivity contribution >= 4 is 43.2 Å². The Morgan fingerprint density at radius 1 is 1.12 bits per heavy atom. The summed E-state index contributed by atoms with van der Waals surface area (Å²) in [4.78, 5) is 1.31. The van der Waals surface area contributed by atoms with Crippen LogP contribution in [0.5, 0.6) is 0 Å². The second-order valence-corrected chi connectivity index (χ2v) is 6.42. The molecule has 0 aliphatic rings. The van der Waals surface area contributed by atoms with Gasteiger partial charge in [0.2, 0.25) is 0 Å². The minimum Gasteiger partial charge on any atom is -0.324 e. The Bertz CT molecular complexity index is 464. The zero-order chi connectivity index (χ0) is 11.5. The van der Waals surface area contributed by atoms with Crippen molar-refractivity contribution in [1.82, 2.24) is 0 Å². The van der Waals surface area contributed by atoms with Crippen LogP contribution in [0.3, 0.4) is 0 Å². The molecule has 0 saturated carbocycles. The average Bonchev–Trinajstić information content (AvgIpc) is 2.65. The Hall–Kier alpha value is -0.160. The molecule has 1 aromatic heterocycles. The van der Waals surface area contributed by atoms with Gasteiger partial charge < -0.3 is 5.73 Å². The van der Waals surface area contributed by atoms with Crippen molar-refractivity contribution < 1.29 is 0 Å². The fourth-order valence-electron chi connectivity index (χ4n) is 1.51. The van der Waals surface area contributed by atoms with Gasteiger partial charge in [-0.1, -0.05) is 28.1 Å². The zero-order valence-electron chi connectivity index (χ0n) is 8.49. The van der Waals surface area contributed by atoms with Gasteiger partial charge in [0.05, 0.1) is 0 Å². The monoisotopic (exact) mass is 359 g/mol. The van der Waals surface area contributed by atoms with E-state index in [4.69, 9.17) is 5.73 Å². The fourth-order valence-corrected chi connectivity index (χ4v) is 3.28. The lowest BCUT2D eigenvalue weighted by molar-refractivity contribution is 0.730. The number of thiophene rings is 1. The van der Waals surface area contributed by atoms with Crippen molar-refractivity contribution in [3.05, 3.63) is 55.1 Å². The average molecular weight is 361 g/mol. The second-order valence-electron chi connectivity index (χ2n) is 3.59. The maximum absolute atomic E-state index is 6.16. The van der Waals surface area contributed by atoms with Gasteiger partial charge in [0, 0.05) is 31.7 Å². The third-order valence-electron chi connectivity index (χ3n) is 2.34. The topological polar surface area (TPSA) is 26.0 Å². The van der Waals surface area contributed by atoms with Crippen LogP contribution in [0.1, 0.15) is 16.5 Å². The van der Waals surface area contributed by atoms with Gasteiger partial charge in [0.1, 0.15) is 0 Å². The highest BCUT2D eigenvalue weighted by molar-refractivity contribution is 9.10. The van der Waals surface area contributed by atoms with Gasteiger partial charge in [0.25, 0.3) is 0 Å². The highest BCUT2D eigenvalue weighted by atomic mass is 79.9. The summed E-state index contributed by atoms with van der Waals surface area (Å²) in [6.07, 6.45) is 0.887. The van der Waals surface area contributed by atoms with Crippen molar-refractivity contribution in [1.29, 1.82) is 0 Å². The number of nitrogens with two attached hydrogens (primary N) is 1. The molecule has 0 saturated heterocycles. The van der Waals surface area contributed by atoms with Gasteiger partial charge in [-0.25, -0.2) is 0 Å². The van der Waals surface area contributed by atoms with Gasteiger partial charge in [-0.3, -0.25) is 0 Å². The quantitative estimate of drug-likeness (QED) is 0.855. The molecule has 4 heteroatoms. The van der Waals surface area contributed by atoms with Crippen LogP contribution in [0.15, 0.2) is 44.7 Å². The summed E-state index contributed by atoms with van der Waals surface area (Å²) in [6.45, 7) is 0. The van der Waals surface area contributed by atoms with Gasteiger partial charge in [0.15, 0.2) is 0 Å². The summed E-state index contributed by atoms with van der Waals surface area (Å²) in [7, 11) is 0. The first-order valence-electron chi connectivity index (χ1n) is 4.89. The molecule has 1 aromatic carbocycles. The summed E-state index contributed by atoms with van der Waals surface area (Å²) in [6, 6.07) is 10.4. The predicted octanol–water partition coefficient (Wildman–Crippen LogP) is 4.52. The summed E-state index contributed by atoms with van der Waals surface area (Å²) >= 11 is 8.61. The molecule has 0 amide bonds. The number of hydrogen-bond donors (Lipinski definition) is 1. The van der Waals surface area contributed by atoms with Crippen molar-refractivity contribution in [2.75, 3.05) is 0 Å². The van der Waals surface area contributed by atoms with Crippen LogP contribution in [0.4, 0.5) is 0 Å². The SMILES string of the molecule is NC(Cc1cc(Br)cs1)c1ccc(Br)cc1. The molecule has 0 radical (unpaired) electrons. The summed E-state index contributed by atoms with van der Waals surface area (Å²) in [5, 5.41) is 2.09. The molecule has 0 fully saturated rings. The molecule has 2 N–H and O–H groups in total. The number of rotatable bonds is 3. The largest absolute Gasteiger partial charge is 0.324 e. The minimum atomic E-state index is 0.0682. The molecule has 1 unspecified atom stereocenters. The van der Waals surface area contributed by atoms with Gasteiger partial charge >= 0.3 is 0 Å². The minimum absolute atomic E-state index is 0.0682. The summed E-state index contributed by atoms with van der Waals surface area (Å²) in [5.41, 5.74) is 7.34. The summed E-state index contributed by atoms with van der Waals surface area (Å²) in [5.74, 6) is 0. The Kier molecular flexibility index (Phi) is 4.19. The first-order valence-corrected chi connectivity index (χ1v) is 7.35. The lowest BCUT2D eigenvalue weighted by Crippen LogP contribution is -2.12. The molecule has 0 aliphatic heterocycles. The maximum atomic E-state index is 6.16. The summed E-state index contributed by atoms with van der Waals surface area (Å²) < 4.78 is 2.22.